The van der Waals surface area contributed by atoms with Crippen molar-refractivity contribution < 1.29 is 4.74 Å². The standard InChI is InChI=1S/C12H18ClNO/c1-8-6-11(15-5)10(13)7-9(8)12(2,3)14-4/h6-7,14H,1-5H3. The van der Waals surface area contributed by atoms with E-state index >= 15 is 0 Å². The SMILES string of the molecule is CNC(C)(C)c1cc(Cl)c(OC)cc1C. The van der Waals surface area contributed by atoms with Gasteiger partial charge in [0.25, 0.3) is 0 Å². The molecule has 84 valence electrons. The Kier molecular flexibility index (Phi) is 3.63. The molecule has 0 saturated carbocycles. The minimum atomic E-state index is -0.0833. The Morgan fingerprint density at radius 1 is 1.33 bits per heavy atom. The fourth-order valence-corrected chi connectivity index (χ4v) is 1.86. The van der Waals surface area contributed by atoms with Gasteiger partial charge in [-0.2, -0.15) is 0 Å². The van der Waals surface area contributed by atoms with Crippen LogP contribution in [-0.4, -0.2) is 14.2 Å². The van der Waals surface area contributed by atoms with Gasteiger partial charge in [0, 0.05) is 5.54 Å². The maximum Gasteiger partial charge on any atom is 0.137 e. The Hall–Kier alpha value is -0.730. The van der Waals surface area contributed by atoms with E-state index in [1.807, 2.05) is 19.2 Å². The van der Waals surface area contributed by atoms with Gasteiger partial charge in [0.1, 0.15) is 5.75 Å². The highest BCUT2D eigenvalue weighted by Gasteiger charge is 2.21. The highest BCUT2D eigenvalue weighted by Crippen LogP contribution is 2.32. The number of benzene rings is 1. The number of ether oxygens (including phenoxy) is 1. The quantitative estimate of drug-likeness (QED) is 0.857. The van der Waals surface area contributed by atoms with Crippen molar-refractivity contribution >= 4 is 11.6 Å². The van der Waals surface area contributed by atoms with E-state index in [0.29, 0.717) is 5.02 Å². The van der Waals surface area contributed by atoms with Gasteiger partial charge in [0.05, 0.1) is 12.1 Å². The van der Waals surface area contributed by atoms with Crippen LogP contribution in [0.5, 0.6) is 5.75 Å². The fraction of sp³-hybridized carbons (Fsp3) is 0.500. The number of hydrogen-bond donors (Lipinski definition) is 1. The van der Waals surface area contributed by atoms with E-state index in [9.17, 15) is 0 Å². The molecule has 3 heteroatoms. The van der Waals surface area contributed by atoms with Gasteiger partial charge in [-0.3, -0.25) is 0 Å². The van der Waals surface area contributed by atoms with Gasteiger partial charge in [-0.05, 0) is 51.1 Å². The van der Waals surface area contributed by atoms with Crippen molar-refractivity contribution in [3.05, 3.63) is 28.3 Å². The first-order valence-corrected chi connectivity index (χ1v) is 5.33. The highest BCUT2D eigenvalue weighted by molar-refractivity contribution is 6.32. The zero-order chi connectivity index (χ0) is 11.6. The molecular formula is C12H18ClNO. The second-order valence-corrected chi connectivity index (χ2v) is 4.58. The Balaban J connectivity index is 3.28. The molecule has 0 aliphatic rings. The molecular weight excluding hydrogens is 210 g/mol. The van der Waals surface area contributed by atoms with Crippen molar-refractivity contribution in [2.45, 2.75) is 26.3 Å². The van der Waals surface area contributed by atoms with Crippen LogP contribution in [0.4, 0.5) is 0 Å². The third-order valence-corrected chi connectivity index (χ3v) is 3.09. The lowest BCUT2D eigenvalue weighted by atomic mass is 9.90. The molecule has 0 bridgehead atoms. The first-order chi connectivity index (χ1) is 6.92. The first kappa shape index (κ1) is 12.3. The van der Waals surface area contributed by atoms with Gasteiger partial charge in [-0.25, -0.2) is 0 Å². The predicted molar refractivity (Wildman–Crippen MR) is 64.8 cm³/mol. The zero-order valence-electron chi connectivity index (χ0n) is 9.94. The van der Waals surface area contributed by atoms with Crippen LogP contribution in [0.15, 0.2) is 12.1 Å². The molecule has 0 aliphatic carbocycles. The van der Waals surface area contributed by atoms with Gasteiger partial charge < -0.3 is 10.1 Å². The molecule has 0 radical (unpaired) electrons. The summed E-state index contributed by atoms with van der Waals surface area (Å²) in [4.78, 5) is 0. The summed E-state index contributed by atoms with van der Waals surface area (Å²) in [6, 6.07) is 3.93. The van der Waals surface area contributed by atoms with E-state index in [0.717, 1.165) is 5.75 Å². The molecule has 2 nitrogen and oxygen atoms in total. The van der Waals surface area contributed by atoms with E-state index < -0.39 is 0 Å². The van der Waals surface area contributed by atoms with Crippen LogP contribution >= 0.6 is 11.6 Å². The molecule has 0 amide bonds. The largest absolute Gasteiger partial charge is 0.495 e. The molecule has 1 aromatic rings. The second-order valence-electron chi connectivity index (χ2n) is 4.18. The van der Waals surface area contributed by atoms with E-state index in [2.05, 4.69) is 26.1 Å². The second kappa shape index (κ2) is 4.42. The minimum absolute atomic E-state index is 0.0833. The lowest BCUT2D eigenvalue weighted by Gasteiger charge is -2.27. The maximum absolute atomic E-state index is 6.11. The third-order valence-electron chi connectivity index (χ3n) is 2.80. The summed E-state index contributed by atoms with van der Waals surface area (Å²) in [7, 11) is 3.57. The van der Waals surface area contributed by atoms with E-state index in [-0.39, 0.29) is 5.54 Å². The summed E-state index contributed by atoms with van der Waals surface area (Å²) in [5.74, 6) is 0.727. The highest BCUT2D eigenvalue weighted by atomic mass is 35.5. The molecule has 0 heterocycles. The number of hydrogen-bond acceptors (Lipinski definition) is 2. The number of rotatable bonds is 3. The summed E-state index contributed by atoms with van der Waals surface area (Å²) in [6.07, 6.45) is 0. The smallest absolute Gasteiger partial charge is 0.137 e. The first-order valence-electron chi connectivity index (χ1n) is 4.96. The molecule has 1 aromatic carbocycles. The zero-order valence-corrected chi connectivity index (χ0v) is 10.7. The summed E-state index contributed by atoms with van der Waals surface area (Å²) in [5.41, 5.74) is 2.28. The third kappa shape index (κ3) is 2.44. The van der Waals surface area contributed by atoms with Gasteiger partial charge >= 0.3 is 0 Å². The van der Waals surface area contributed by atoms with Crippen LogP contribution in [0.25, 0.3) is 0 Å². The average Bonchev–Trinajstić information content (AvgIpc) is 2.20. The summed E-state index contributed by atoms with van der Waals surface area (Å²) >= 11 is 6.11. The molecule has 1 N–H and O–H groups in total. The number of nitrogens with one attached hydrogen (secondary N) is 1. The van der Waals surface area contributed by atoms with Crippen molar-refractivity contribution in [2.24, 2.45) is 0 Å². The van der Waals surface area contributed by atoms with E-state index in [1.165, 1.54) is 11.1 Å². The van der Waals surface area contributed by atoms with Gasteiger partial charge in [0.2, 0.25) is 0 Å². The van der Waals surface area contributed by atoms with Crippen LogP contribution in [0.2, 0.25) is 5.02 Å². The van der Waals surface area contributed by atoms with Crippen molar-refractivity contribution in [3.63, 3.8) is 0 Å². The minimum Gasteiger partial charge on any atom is -0.495 e. The average molecular weight is 228 g/mol. The number of methoxy groups -OCH3 is 1. The van der Waals surface area contributed by atoms with Gasteiger partial charge in [-0.15, -0.1) is 0 Å². The van der Waals surface area contributed by atoms with E-state index in [1.54, 1.807) is 7.11 Å². The molecule has 0 atom stereocenters. The summed E-state index contributed by atoms with van der Waals surface area (Å²) in [6.45, 7) is 6.31. The Morgan fingerprint density at radius 2 is 1.93 bits per heavy atom. The van der Waals surface area contributed by atoms with Crippen LogP contribution < -0.4 is 10.1 Å². The van der Waals surface area contributed by atoms with E-state index in [4.69, 9.17) is 16.3 Å². The molecule has 0 fully saturated rings. The molecule has 15 heavy (non-hydrogen) atoms. The fourth-order valence-electron chi connectivity index (χ4n) is 1.62. The van der Waals surface area contributed by atoms with Crippen LogP contribution in [-0.2, 0) is 5.54 Å². The Labute approximate surface area is 96.6 Å². The molecule has 0 aliphatic heterocycles. The van der Waals surface area contributed by atoms with Crippen LogP contribution in [0.1, 0.15) is 25.0 Å². The monoisotopic (exact) mass is 227 g/mol. The van der Waals surface area contributed by atoms with Crippen molar-refractivity contribution in [1.29, 1.82) is 0 Å². The lowest BCUT2D eigenvalue weighted by molar-refractivity contribution is 0.411. The van der Waals surface area contributed by atoms with Crippen molar-refractivity contribution in [3.8, 4) is 5.75 Å². The van der Waals surface area contributed by atoms with Gasteiger partial charge in [-0.1, -0.05) is 11.6 Å². The Morgan fingerprint density at radius 3 is 2.40 bits per heavy atom. The molecule has 0 spiro atoms. The number of aryl methyl sites for hydroxylation is 1. The molecule has 0 unspecified atom stereocenters. The normalized spacial score (nSPS) is 11.6. The summed E-state index contributed by atoms with van der Waals surface area (Å²) in [5, 5.41) is 3.92. The summed E-state index contributed by atoms with van der Waals surface area (Å²) < 4.78 is 5.17. The maximum atomic E-state index is 6.11. The van der Waals surface area contributed by atoms with Crippen molar-refractivity contribution in [1.82, 2.24) is 5.32 Å². The number of halogens is 1. The van der Waals surface area contributed by atoms with Crippen molar-refractivity contribution in [2.75, 3.05) is 14.2 Å². The molecule has 0 saturated heterocycles. The molecule has 1 rings (SSSR count). The lowest BCUT2D eigenvalue weighted by Crippen LogP contribution is -2.33. The van der Waals surface area contributed by atoms with Crippen LogP contribution in [0, 0.1) is 6.92 Å². The van der Waals surface area contributed by atoms with Gasteiger partial charge in [0.15, 0.2) is 0 Å². The Bertz CT molecular complexity index is 361. The predicted octanol–water partition coefficient (Wildman–Crippen LogP) is 3.11. The van der Waals surface area contributed by atoms with Crippen LogP contribution in [0.3, 0.4) is 0 Å². The topological polar surface area (TPSA) is 21.3 Å². The molecule has 0 aromatic heterocycles.